The van der Waals surface area contributed by atoms with Gasteiger partial charge in [0.2, 0.25) is 5.75 Å². The van der Waals surface area contributed by atoms with Gasteiger partial charge >= 0.3 is 11.9 Å². The summed E-state index contributed by atoms with van der Waals surface area (Å²) in [5, 5.41) is 9.45. The average molecular weight is 623 g/mol. The number of benzene rings is 2. The van der Waals surface area contributed by atoms with Crippen LogP contribution in [0.25, 0.3) is 11.1 Å². The van der Waals surface area contributed by atoms with Gasteiger partial charge in [0.1, 0.15) is 33.0 Å². The van der Waals surface area contributed by atoms with Crippen molar-refractivity contribution in [2.75, 3.05) is 39.6 Å². The van der Waals surface area contributed by atoms with Crippen molar-refractivity contribution in [2.24, 2.45) is 5.92 Å². The fraction of sp³-hybridized carbons (Fsp3) is 0.514. The summed E-state index contributed by atoms with van der Waals surface area (Å²) in [6.45, 7) is 12.6. The molecule has 0 aliphatic heterocycles. The average Bonchev–Trinajstić information content (AvgIpc) is 3.04. The van der Waals surface area contributed by atoms with Gasteiger partial charge in [-0.15, -0.1) is 0 Å². The maximum atomic E-state index is 11.8. The minimum absolute atomic E-state index is 0.0108. The van der Waals surface area contributed by atoms with E-state index >= 15 is 0 Å². The predicted molar refractivity (Wildman–Crippen MR) is 176 cm³/mol. The molecule has 1 saturated carbocycles. The van der Waals surface area contributed by atoms with Gasteiger partial charge in [0.15, 0.2) is 11.5 Å². The molecule has 0 heterocycles. The van der Waals surface area contributed by atoms with Crippen LogP contribution in [-0.2, 0) is 19.1 Å². The van der Waals surface area contributed by atoms with E-state index in [2.05, 4.69) is 44.3 Å². The lowest BCUT2D eigenvalue weighted by Crippen LogP contribution is -2.15. The minimum Gasteiger partial charge on any atom is -0.486 e. The van der Waals surface area contributed by atoms with E-state index in [9.17, 15) is 14.7 Å². The van der Waals surface area contributed by atoms with Crippen molar-refractivity contribution < 1.29 is 38.4 Å². The van der Waals surface area contributed by atoms with Gasteiger partial charge < -0.3 is 28.8 Å². The Bertz CT molecular complexity index is 1200. The summed E-state index contributed by atoms with van der Waals surface area (Å²) >= 11 is 0. The van der Waals surface area contributed by atoms with Crippen LogP contribution >= 0.6 is 0 Å². The Kier molecular flexibility index (Phi) is 15.0. The van der Waals surface area contributed by atoms with Crippen molar-refractivity contribution in [3.05, 3.63) is 66.3 Å². The highest BCUT2D eigenvalue weighted by Gasteiger charge is 2.23. The molecule has 2 aromatic carbocycles. The van der Waals surface area contributed by atoms with Crippen molar-refractivity contribution in [2.45, 2.75) is 78.1 Å². The summed E-state index contributed by atoms with van der Waals surface area (Å²) in [6.07, 6.45) is 10.4. The van der Waals surface area contributed by atoms with Gasteiger partial charge in [0.05, 0.1) is 6.61 Å². The van der Waals surface area contributed by atoms with Crippen LogP contribution in [0.5, 0.6) is 17.2 Å². The van der Waals surface area contributed by atoms with Gasteiger partial charge in [0, 0.05) is 11.1 Å². The predicted octanol–water partition coefficient (Wildman–Crippen LogP) is 7.58. The Morgan fingerprint density at radius 1 is 0.756 bits per heavy atom. The van der Waals surface area contributed by atoms with Crippen molar-refractivity contribution >= 4 is 11.9 Å². The molecule has 0 saturated heterocycles. The molecule has 8 nitrogen and oxygen atoms in total. The van der Waals surface area contributed by atoms with Crippen molar-refractivity contribution in [3.8, 4) is 28.4 Å². The molecular weight excluding hydrogens is 572 g/mol. The van der Waals surface area contributed by atoms with Crippen molar-refractivity contribution in [1.82, 2.24) is 0 Å². The highest BCUT2D eigenvalue weighted by Crippen LogP contribution is 2.43. The first kappa shape index (κ1) is 35.7. The topological polar surface area (TPSA) is 101 Å². The molecule has 3 rings (SSSR count). The van der Waals surface area contributed by atoms with Gasteiger partial charge in [-0.3, -0.25) is 0 Å². The third kappa shape index (κ3) is 11.6. The fourth-order valence-corrected chi connectivity index (χ4v) is 5.48. The molecule has 0 bridgehead atoms. The molecular formula is C37H50O8. The van der Waals surface area contributed by atoms with E-state index in [0.717, 1.165) is 17.0 Å². The highest BCUT2D eigenvalue weighted by molar-refractivity contribution is 5.87. The van der Waals surface area contributed by atoms with E-state index in [0.29, 0.717) is 28.6 Å². The van der Waals surface area contributed by atoms with Crippen LogP contribution < -0.4 is 14.2 Å². The van der Waals surface area contributed by atoms with Crippen molar-refractivity contribution in [1.29, 1.82) is 0 Å². The van der Waals surface area contributed by atoms with Gasteiger partial charge in [-0.05, 0) is 80.2 Å². The van der Waals surface area contributed by atoms with Crippen molar-refractivity contribution in [3.63, 3.8) is 0 Å². The Labute approximate surface area is 268 Å². The van der Waals surface area contributed by atoms with Gasteiger partial charge in [-0.1, -0.05) is 70.0 Å². The lowest BCUT2D eigenvalue weighted by Gasteiger charge is -2.29. The number of aliphatic hydroxyl groups is 1. The molecule has 45 heavy (non-hydrogen) atoms. The monoisotopic (exact) mass is 622 g/mol. The lowest BCUT2D eigenvalue weighted by molar-refractivity contribution is -0.140. The van der Waals surface area contributed by atoms with E-state index < -0.39 is 11.9 Å². The lowest BCUT2D eigenvalue weighted by atomic mass is 9.77. The number of esters is 2. The molecule has 246 valence electrons. The minimum atomic E-state index is -0.498. The molecule has 0 spiro atoms. The molecule has 0 atom stereocenters. The quantitative estimate of drug-likeness (QED) is 0.0973. The van der Waals surface area contributed by atoms with E-state index in [1.807, 2.05) is 12.1 Å². The number of aliphatic hydroxyl groups excluding tert-OH is 1. The summed E-state index contributed by atoms with van der Waals surface area (Å²) in [6, 6.07) is 12.3. The first-order valence-electron chi connectivity index (χ1n) is 16.2. The summed E-state index contributed by atoms with van der Waals surface area (Å²) in [4.78, 5) is 23.6. The molecule has 0 radical (unpaired) electrons. The SMILES string of the molecule is C=C(C)C(=O)OCCOc1cc(-c2ccc(C3CCC(CCCCC)CC3)cc2)cc(OCCOC(=O)C(=C)C)c1OCCO. The number of rotatable bonds is 19. The maximum Gasteiger partial charge on any atom is 0.333 e. The second-order valence-corrected chi connectivity index (χ2v) is 11.7. The molecule has 0 unspecified atom stereocenters. The number of unbranched alkanes of at least 4 members (excludes halogenated alkanes) is 2. The van der Waals surface area contributed by atoms with E-state index in [1.54, 1.807) is 13.8 Å². The standard InChI is InChI=1S/C37H50O8/c1-6-7-8-9-28-10-12-29(13-11-28)30-14-16-31(17-15-30)32-24-33(41-20-22-44-36(39)26(2)3)35(43-19-18-38)34(25-32)42-21-23-45-37(40)27(4)5/h14-17,24-25,28-29,38H,2,4,6-13,18-23H2,1,3,5H3. The van der Waals surface area contributed by atoms with Crippen LogP contribution in [0.4, 0.5) is 0 Å². The highest BCUT2D eigenvalue weighted by atomic mass is 16.6. The number of hydrogen-bond acceptors (Lipinski definition) is 8. The first-order chi connectivity index (χ1) is 21.7. The molecule has 0 amide bonds. The van der Waals surface area contributed by atoms with Gasteiger partial charge in [0.25, 0.3) is 0 Å². The smallest absolute Gasteiger partial charge is 0.333 e. The number of carbonyl (C=O) groups excluding carboxylic acids is 2. The third-order valence-electron chi connectivity index (χ3n) is 7.98. The van der Waals surface area contributed by atoms with Crippen LogP contribution in [0, 0.1) is 5.92 Å². The zero-order valence-electron chi connectivity index (χ0n) is 27.2. The summed E-state index contributed by atoms with van der Waals surface area (Å²) in [5.74, 6) is 1.47. The van der Waals surface area contributed by atoms with Crippen LogP contribution in [0.2, 0.25) is 0 Å². The van der Waals surface area contributed by atoms with Gasteiger partial charge in [-0.25, -0.2) is 9.59 Å². The first-order valence-corrected chi connectivity index (χ1v) is 16.2. The van der Waals surface area contributed by atoms with Crippen LogP contribution in [0.15, 0.2) is 60.7 Å². The second kappa shape index (κ2) is 18.9. The molecule has 1 aliphatic carbocycles. The van der Waals surface area contributed by atoms with E-state index in [-0.39, 0.29) is 45.4 Å². The Hall–Kier alpha value is -3.78. The fourth-order valence-electron chi connectivity index (χ4n) is 5.48. The van der Waals surface area contributed by atoms with E-state index in [4.69, 9.17) is 23.7 Å². The van der Waals surface area contributed by atoms with Gasteiger partial charge in [-0.2, -0.15) is 0 Å². The molecule has 8 heteroatoms. The van der Waals surface area contributed by atoms with E-state index in [1.165, 1.54) is 56.9 Å². The Morgan fingerprint density at radius 2 is 1.31 bits per heavy atom. The number of carbonyl (C=O) groups is 2. The number of ether oxygens (including phenoxy) is 5. The normalized spacial score (nSPS) is 16.0. The Morgan fingerprint density at radius 3 is 1.80 bits per heavy atom. The zero-order chi connectivity index (χ0) is 32.6. The van der Waals surface area contributed by atoms with Crippen LogP contribution in [-0.4, -0.2) is 56.7 Å². The molecule has 1 fully saturated rings. The maximum absolute atomic E-state index is 11.8. The third-order valence-corrected chi connectivity index (χ3v) is 7.98. The summed E-state index contributed by atoms with van der Waals surface area (Å²) in [5.41, 5.74) is 3.77. The molecule has 1 aliphatic rings. The largest absolute Gasteiger partial charge is 0.486 e. The summed E-state index contributed by atoms with van der Waals surface area (Å²) in [7, 11) is 0. The molecule has 0 aromatic heterocycles. The Balaban J connectivity index is 1.80. The summed E-state index contributed by atoms with van der Waals surface area (Å²) < 4.78 is 28.2. The number of hydrogen-bond donors (Lipinski definition) is 1. The zero-order valence-corrected chi connectivity index (χ0v) is 27.2. The second-order valence-electron chi connectivity index (χ2n) is 11.7. The van der Waals surface area contributed by atoms with Crippen LogP contribution in [0.3, 0.4) is 0 Å². The van der Waals surface area contributed by atoms with Crippen LogP contribution in [0.1, 0.15) is 83.6 Å². The molecule has 2 aromatic rings. The molecule has 1 N–H and O–H groups in total.